The topological polar surface area (TPSA) is 65.4 Å². The van der Waals surface area contributed by atoms with Gasteiger partial charge in [-0.2, -0.15) is 5.26 Å². The maximum Gasteiger partial charge on any atom is 0.321 e. The molecule has 0 aliphatic rings. The monoisotopic (exact) mass is 233 g/mol. The fourth-order valence-corrected chi connectivity index (χ4v) is 1.11. The molecule has 0 aromatic heterocycles. The molecule has 1 aromatic rings. The summed E-state index contributed by atoms with van der Waals surface area (Å²) in [7, 11) is 3.32. The third-order valence-electron chi connectivity index (χ3n) is 1.99. The van der Waals surface area contributed by atoms with Crippen molar-refractivity contribution in [3.05, 3.63) is 24.3 Å². The molecule has 5 nitrogen and oxygen atoms in total. The zero-order valence-corrected chi connectivity index (χ0v) is 10.1. The van der Waals surface area contributed by atoms with Crippen LogP contribution in [0.25, 0.3) is 0 Å². The zero-order valence-electron chi connectivity index (χ0n) is 10.1. The third-order valence-corrected chi connectivity index (χ3v) is 1.99. The summed E-state index contributed by atoms with van der Waals surface area (Å²) in [5.41, 5.74) is 0.631. The lowest BCUT2D eigenvalue weighted by molar-refractivity contribution is 0.230. The van der Waals surface area contributed by atoms with Crippen molar-refractivity contribution in [1.29, 1.82) is 5.26 Å². The van der Waals surface area contributed by atoms with E-state index in [-0.39, 0.29) is 6.03 Å². The van der Waals surface area contributed by atoms with E-state index in [4.69, 9.17) is 10.00 Å². The van der Waals surface area contributed by atoms with Gasteiger partial charge >= 0.3 is 6.03 Å². The average molecular weight is 233 g/mol. The van der Waals surface area contributed by atoms with Gasteiger partial charge in [-0.3, -0.25) is 0 Å². The van der Waals surface area contributed by atoms with Crippen molar-refractivity contribution in [1.82, 2.24) is 4.90 Å². The number of urea groups is 1. The molecule has 0 saturated heterocycles. The predicted molar refractivity (Wildman–Crippen MR) is 64.9 cm³/mol. The Morgan fingerprint density at radius 1 is 1.53 bits per heavy atom. The number of benzene rings is 1. The first-order valence-corrected chi connectivity index (χ1v) is 5.17. The fourth-order valence-electron chi connectivity index (χ4n) is 1.11. The average Bonchev–Trinajstić information content (AvgIpc) is 2.29. The highest BCUT2D eigenvalue weighted by atomic mass is 16.5. The zero-order chi connectivity index (χ0) is 12.8. The van der Waals surface area contributed by atoms with Crippen molar-refractivity contribution >= 4 is 11.7 Å². The van der Waals surface area contributed by atoms with Crippen LogP contribution in [0.3, 0.4) is 0 Å². The van der Waals surface area contributed by atoms with E-state index in [2.05, 4.69) is 5.32 Å². The van der Waals surface area contributed by atoms with Crippen molar-refractivity contribution in [3.63, 3.8) is 0 Å². The van der Waals surface area contributed by atoms with Crippen LogP contribution in [-0.2, 0) is 0 Å². The SMILES string of the molecule is CC(C#N)Oc1cccc(NC(=O)N(C)C)c1. The molecule has 1 rings (SSSR count). The highest BCUT2D eigenvalue weighted by molar-refractivity contribution is 5.89. The van der Waals surface area contributed by atoms with Crippen LogP contribution in [-0.4, -0.2) is 31.1 Å². The fraction of sp³-hybridized carbons (Fsp3) is 0.333. The van der Waals surface area contributed by atoms with Gasteiger partial charge < -0.3 is 15.0 Å². The first kappa shape index (κ1) is 12.8. The van der Waals surface area contributed by atoms with Crippen molar-refractivity contribution in [2.45, 2.75) is 13.0 Å². The number of carbonyl (C=O) groups is 1. The Morgan fingerprint density at radius 3 is 2.82 bits per heavy atom. The van der Waals surface area contributed by atoms with Gasteiger partial charge in [0.2, 0.25) is 0 Å². The van der Waals surface area contributed by atoms with Gasteiger partial charge in [0.25, 0.3) is 0 Å². The van der Waals surface area contributed by atoms with Crippen molar-refractivity contribution in [2.24, 2.45) is 0 Å². The molecular formula is C12H15N3O2. The van der Waals surface area contributed by atoms with Crippen LogP contribution < -0.4 is 10.1 Å². The van der Waals surface area contributed by atoms with E-state index in [9.17, 15) is 4.79 Å². The van der Waals surface area contributed by atoms with Crippen LogP contribution in [0.1, 0.15) is 6.92 Å². The molecule has 0 heterocycles. The van der Waals surface area contributed by atoms with Crippen LogP contribution in [0.2, 0.25) is 0 Å². The number of nitriles is 1. The highest BCUT2D eigenvalue weighted by Crippen LogP contribution is 2.18. The second-order valence-corrected chi connectivity index (χ2v) is 3.74. The molecule has 90 valence electrons. The van der Waals surface area contributed by atoms with Gasteiger partial charge in [-0.15, -0.1) is 0 Å². The molecule has 0 aliphatic heterocycles. The largest absolute Gasteiger partial charge is 0.476 e. The summed E-state index contributed by atoms with van der Waals surface area (Å²) in [5, 5.41) is 11.3. The van der Waals surface area contributed by atoms with E-state index in [1.54, 1.807) is 45.3 Å². The second-order valence-electron chi connectivity index (χ2n) is 3.74. The van der Waals surface area contributed by atoms with E-state index < -0.39 is 6.10 Å². The lowest BCUT2D eigenvalue weighted by Gasteiger charge is -2.13. The Labute approximate surface area is 101 Å². The first-order chi connectivity index (χ1) is 8.02. The second kappa shape index (κ2) is 5.75. The summed E-state index contributed by atoms with van der Waals surface area (Å²) < 4.78 is 5.32. The number of rotatable bonds is 3. The molecule has 0 bridgehead atoms. The Bertz CT molecular complexity index is 438. The molecule has 1 atom stereocenters. The molecule has 0 spiro atoms. The molecule has 0 saturated carbocycles. The number of amides is 2. The molecule has 0 aliphatic carbocycles. The number of carbonyl (C=O) groups excluding carboxylic acids is 1. The number of hydrogen-bond donors (Lipinski definition) is 1. The summed E-state index contributed by atoms with van der Waals surface area (Å²) in [4.78, 5) is 12.9. The van der Waals surface area contributed by atoms with Gasteiger partial charge in [-0.1, -0.05) is 6.07 Å². The molecule has 17 heavy (non-hydrogen) atoms. The molecule has 0 radical (unpaired) electrons. The molecular weight excluding hydrogens is 218 g/mol. The maximum atomic E-state index is 11.4. The third kappa shape index (κ3) is 4.03. The summed E-state index contributed by atoms with van der Waals surface area (Å²) in [5.74, 6) is 0.551. The van der Waals surface area contributed by atoms with Gasteiger partial charge in [0.1, 0.15) is 11.8 Å². The molecule has 5 heteroatoms. The van der Waals surface area contributed by atoms with Crippen molar-refractivity contribution < 1.29 is 9.53 Å². The van der Waals surface area contributed by atoms with Gasteiger partial charge in [-0.25, -0.2) is 4.79 Å². The Kier molecular flexibility index (Phi) is 4.35. The lowest BCUT2D eigenvalue weighted by Crippen LogP contribution is -2.27. The first-order valence-electron chi connectivity index (χ1n) is 5.17. The molecule has 0 fully saturated rings. The molecule has 2 amide bonds. The summed E-state index contributed by atoms with van der Waals surface area (Å²) >= 11 is 0. The van der Waals surface area contributed by atoms with Crippen molar-refractivity contribution in [3.8, 4) is 11.8 Å². The maximum absolute atomic E-state index is 11.4. The molecule has 1 unspecified atom stereocenters. The summed E-state index contributed by atoms with van der Waals surface area (Å²) in [6, 6.07) is 8.68. The van der Waals surface area contributed by atoms with Gasteiger partial charge in [0.05, 0.1) is 0 Å². The summed E-state index contributed by atoms with van der Waals surface area (Å²) in [6.07, 6.45) is -0.519. The number of anilines is 1. The number of nitrogens with one attached hydrogen (secondary N) is 1. The minimum absolute atomic E-state index is 0.213. The van der Waals surface area contributed by atoms with Gasteiger partial charge in [0, 0.05) is 25.8 Å². The van der Waals surface area contributed by atoms with Gasteiger partial charge in [-0.05, 0) is 19.1 Å². The number of ether oxygens (including phenoxy) is 1. The Morgan fingerprint density at radius 2 is 2.24 bits per heavy atom. The number of hydrogen-bond acceptors (Lipinski definition) is 3. The summed E-state index contributed by atoms with van der Waals surface area (Å²) in [6.45, 7) is 1.66. The molecule has 1 aromatic carbocycles. The Balaban J connectivity index is 2.73. The van der Waals surface area contributed by atoms with Crippen LogP contribution in [0.4, 0.5) is 10.5 Å². The van der Waals surface area contributed by atoms with Crippen molar-refractivity contribution in [2.75, 3.05) is 19.4 Å². The van der Waals surface area contributed by atoms with Crippen LogP contribution in [0, 0.1) is 11.3 Å². The predicted octanol–water partition coefficient (Wildman–Crippen LogP) is 2.07. The van der Waals surface area contributed by atoms with E-state index >= 15 is 0 Å². The number of nitrogens with zero attached hydrogens (tertiary/aromatic N) is 2. The normalized spacial score (nSPS) is 11.2. The standard InChI is InChI=1S/C12H15N3O2/c1-9(8-13)17-11-6-4-5-10(7-11)14-12(16)15(2)3/h4-7,9H,1-3H3,(H,14,16). The molecule has 1 N–H and O–H groups in total. The van der Waals surface area contributed by atoms with Crippen LogP contribution >= 0.6 is 0 Å². The van der Waals surface area contributed by atoms with E-state index in [0.29, 0.717) is 11.4 Å². The highest BCUT2D eigenvalue weighted by Gasteiger charge is 2.06. The Hall–Kier alpha value is -2.22. The smallest absolute Gasteiger partial charge is 0.321 e. The van der Waals surface area contributed by atoms with E-state index in [1.807, 2.05) is 6.07 Å². The minimum atomic E-state index is -0.519. The van der Waals surface area contributed by atoms with Gasteiger partial charge in [0.15, 0.2) is 6.10 Å². The van der Waals surface area contributed by atoms with E-state index in [0.717, 1.165) is 0 Å². The van der Waals surface area contributed by atoms with Crippen LogP contribution in [0.5, 0.6) is 5.75 Å². The quantitative estimate of drug-likeness (QED) is 0.869. The minimum Gasteiger partial charge on any atom is -0.476 e. The lowest BCUT2D eigenvalue weighted by atomic mass is 10.3. The van der Waals surface area contributed by atoms with Crippen LogP contribution in [0.15, 0.2) is 24.3 Å². The van der Waals surface area contributed by atoms with E-state index in [1.165, 1.54) is 4.90 Å².